The fourth-order valence-corrected chi connectivity index (χ4v) is 6.43. The molecule has 0 aliphatic heterocycles. The van der Waals surface area contributed by atoms with Gasteiger partial charge in [0.15, 0.2) is 0 Å². The molecule has 0 N–H and O–H groups in total. The van der Waals surface area contributed by atoms with E-state index in [4.69, 9.17) is 0 Å². The van der Waals surface area contributed by atoms with E-state index in [2.05, 4.69) is 233 Å². The zero-order valence-corrected chi connectivity index (χ0v) is 31.6. The maximum absolute atomic E-state index is 2.20. The maximum atomic E-state index is 2.20. The average Bonchev–Trinajstić information content (AvgIpc) is 3.73. The Morgan fingerprint density at radius 2 is 0.796 bits per heavy atom. The summed E-state index contributed by atoms with van der Waals surface area (Å²) in [6.45, 7) is 6.45. The molecule has 0 nitrogen and oxygen atoms in total. The zero-order chi connectivity index (χ0) is 37.4. The highest BCUT2D eigenvalue weighted by Gasteiger charge is 2.00. The van der Waals surface area contributed by atoms with Gasteiger partial charge in [-0.05, 0) is 92.9 Å². The number of benzene rings is 9. The summed E-state index contributed by atoms with van der Waals surface area (Å²) in [5.41, 5.74) is 9.48. The molecule has 0 heteroatoms. The minimum absolute atomic E-state index is 1.12. The van der Waals surface area contributed by atoms with Crippen molar-refractivity contribution in [2.75, 3.05) is 0 Å². The van der Waals surface area contributed by atoms with Crippen molar-refractivity contribution in [3.05, 3.63) is 246 Å². The largest absolute Gasteiger partial charge is 0.0795 e. The zero-order valence-electron chi connectivity index (χ0n) is 31.6. The van der Waals surface area contributed by atoms with E-state index in [1.165, 1.54) is 71.3 Å². The molecule has 0 fully saturated rings. The highest BCUT2D eigenvalue weighted by Crippen LogP contribution is 2.21. The molecule has 9 aromatic rings. The van der Waals surface area contributed by atoms with Crippen molar-refractivity contribution in [3.63, 3.8) is 0 Å². The van der Waals surface area contributed by atoms with Gasteiger partial charge in [0, 0.05) is 0 Å². The molecule has 0 heterocycles. The predicted octanol–water partition coefficient (Wildman–Crippen LogP) is 15.1. The van der Waals surface area contributed by atoms with Gasteiger partial charge in [0.2, 0.25) is 0 Å². The number of hydrogen-bond acceptors (Lipinski definition) is 0. The maximum Gasteiger partial charge on any atom is -0.00882 e. The van der Waals surface area contributed by atoms with Gasteiger partial charge in [-0.1, -0.05) is 230 Å². The first-order valence-electron chi connectivity index (χ1n) is 18.7. The third kappa shape index (κ3) is 10.5. The van der Waals surface area contributed by atoms with Crippen LogP contribution in [0.2, 0.25) is 0 Å². The van der Waals surface area contributed by atoms with Crippen LogP contribution in [0.5, 0.6) is 0 Å². The summed E-state index contributed by atoms with van der Waals surface area (Å²) in [6, 6.07) is 73.8. The summed E-state index contributed by atoms with van der Waals surface area (Å²) >= 11 is 0. The van der Waals surface area contributed by atoms with Gasteiger partial charge in [-0.2, -0.15) is 0 Å². The second-order valence-electron chi connectivity index (χ2n) is 13.5. The van der Waals surface area contributed by atoms with Crippen molar-refractivity contribution in [1.82, 2.24) is 0 Å². The van der Waals surface area contributed by atoms with Gasteiger partial charge in [-0.3, -0.25) is 0 Å². The van der Waals surface area contributed by atoms with E-state index in [1.54, 1.807) is 0 Å². The fraction of sp³-hybridized carbons (Fsp3) is 0.0741. The fourth-order valence-electron chi connectivity index (χ4n) is 6.43. The van der Waals surface area contributed by atoms with Crippen molar-refractivity contribution < 1.29 is 0 Å². The Balaban J connectivity index is 0.000000116. The average molecular weight is 697 g/mol. The first-order valence-corrected chi connectivity index (χ1v) is 18.7. The Hall–Kier alpha value is -6.50. The van der Waals surface area contributed by atoms with Crippen LogP contribution in [0.4, 0.5) is 0 Å². The smallest absolute Gasteiger partial charge is 0.00882 e. The number of allylic oxidation sites excluding steroid dienone is 1. The summed E-state index contributed by atoms with van der Waals surface area (Å²) in [5.74, 6) is 0. The van der Waals surface area contributed by atoms with Crippen LogP contribution < -0.4 is 0 Å². The molecule has 0 aromatic heterocycles. The predicted molar refractivity (Wildman–Crippen MR) is 237 cm³/mol. The lowest BCUT2D eigenvalue weighted by molar-refractivity contribution is 1.31. The van der Waals surface area contributed by atoms with Gasteiger partial charge in [0.1, 0.15) is 0 Å². The van der Waals surface area contributed by atoms with E-state index >= 15 is 0 Å². The van der Waals surface area contributed by atoms with Gasteiger partial charge in [0.05, 0.1) is 0 Å². The number of aryl methyl sites for hydroxylation is 3. The summed E-state index contributed by atoms with van der Waals surface area (Å²) in [5, 5.41) is 7.97. The van der Waals surface area contributed by atoms with Crippen molar-refractivity contribution in [2.24, 2.45) is 0 Å². The molecule has 10 rings (SSSR count). The minimum Gasteiger partial charge on any atom is -0.0795 e. The molecule has 264 valence electrons. The highest BCUT2D eigenvalue weighted by atomic mass is 14.1. The molecule has 0 unspecified atom stereocenters. The Labute approximate surface area is 321 Å². The Kier molecular flexibility index (Phi) is 13.4. The SMILES string of the molecule is C1=Cc2ccccc2C1.Cc1ccc2ccccc2c1.Cc1ccc2ccccc2c1C.c1ccc(-c2ccccc2)cc1.c1ccc2ccccc2c1. The molecule has 54 heavy (non-hydrogen) atoms. The van der Waals surface area contributed by atoms with Crippen LogP contribution in [0.25, 0.3) is 49.5 Å². The summed E-state index contributed by atoms with van der Waals surface area (Å²) < 4.78 is 0. The first-order chi connectivity index (χ1) is 26.5. The number of hydrogen-bond donors (Lipinski definition) is 0. The van der Waals surface area contributed by atoms with Crippen molar-refractivity contribution in [1.29, 1.82) is 0 Å². The van der Waals surface area contributed by atoms with Crippen molar-refractivity contribution >= 4 is 38.4 Å². The van der Waals surface area contributed by atoms with E-state index in [0.717, 1.165) is 6.42 Å². The van der Waals surface area contributed by atoms with Crippen LogP contribution in [0.3, 0.4) is 0 Å². The molecule has 0 amide bonds. The second-order valence-corrected chi connectivity index (χ2v) is 13.5. The molecule has 1 aliphatic carbocycles. The molecule has 0 saturated carbocycles. The van der Waals surface area contributed by atoms with Crippen LogP contribution >= 0.6 is 0 Å². The van der Waals surface area contributed by atoms with E-state index in [9.17, 15) is 0 Å². The van der Waals surface area contributed by atoms with Gasteiger partial charge in [-0.25, -0.2) is 0 Å². The van der Waals surface area contributed by atoms with Crippen LogP contribution in [-0.4, -0.2) is 0 Å². The normalized spacial score (nSPS) is 10.7. The summed E-state index contributed by atoms with van der Waals surface area (Å²) in [4.78, 5) is 0. The van der Waals surface area contributed by atoms with Crippen LogP contribution in [0.1, 0.15) is 27.8 Å². The summed E-state index contributed by atoms with van der Waals surface area (Å²) in [6.07, 6.45) is 5.50. The van der Waals surface area contributed by atoms with E-state index < -0.39 is 0 Å². The molecule has 0 saturated heterocycles. The first kappa shape index (κ1) is 37.3. The molecule has 0 atom stereocenters. The topological polar surface area (TPSA) is 0 Å². The quantitative estimate of drug-likeness (QED) is 0.160. The molecular formula is C54H48. The van der Waals surface area contributed by atoms with E-state index in [1.807, 2.05) is 12.1 Å². The van der Waals surface area contributed by atoms with Crippen molar-refractivity contribution in [3.8, 4) is 11.1 Å². The molecule has 0 spiro atoms. The third-order valence-corrected chi connectivity index (χ3v) is 9.60. The molecular weight excluding hydrogens is 649 g/mol. The number of fused-ring (bicyclic) bond motifs is 4. The Bertz CT molecular complexity index is 2440. The van der Waals surface area contributed by atoms with Gasteiger partial charge in [0.25, 0.3) is 0 Å². The molecule has 9 aromatic carbocycles. The minimum atomic E-state index is 1.12. The molecule has 0 radical (unpaired) electrons. The van der Waals surface area contributed by atoms with Gasteiger partial charge in [-0.15, -0.1) is 0 Å². The van der Waals surface area contributed by atoms with Crippen LogP contribution in [0, 0.1) is 20.8 Å². The summed E-state index contributed by atoms with van der Waals surface area (Å²) in [7, 11) is 0. The van der Waals surface area contributed by atoms with Crippen molar-refractivity contribution in [2.45, 2.75) is 27.2 Å². The lowest BCUT2D eigenvalue weighted by Gasteiger charge is -2.04. The van der Waals surface area contributed by atoms with Crippen LogP contribution in [0.15, 0.2) is 218 Å². The van der Waals surface area contributed by atoms with Crippen LogP contribution in [-0.2, 0) is 6.42 Å². The monoisotopic (exact) mass is 696 g/mol. The lowest BCUT2D eigenvalue weighted by atomic mass is 10.0. The van der Waals surface area contributed by atoms with E-state index in [0.29, 0.717) is 0 Å². The lowest BCUT2D eigenvalue weighted by Crippen LogP contribution is -1.82. The second kappa shape index (κ2) is 19.4. The van der Waals surface area contributed by atoms with Gasteiger partial charge < -0.3 is 0 Å². The van der Waals surface area contributed by atoms with E-state index in [-0.39, 0.29) is 0 Å². The molecule has 0 bridgehead atoms. The molecule has 1 aliphatic rings. The Morgan fingerprint density at radius 3 is 1.37 bits per heavy atom. The van der Waals surface area contributed by atoms with Gasteiger partial charge >= 0.3 is 0 Å². The third-order valence-electron chi connectivity index (χ3n) is 9.60. The Morgan fingerprint density at radius 1 is 0.352 bits per heavy atom. The number of rotatable bonds is 1. The highest BCUT2D eigenvalue weighted by molar-refractivity contribution is 5.86. The standard InChI is InChI=1S/C12H12.C12H10.C11H10.C10H8.C9H8/c1-9-7-8-11-5-3-4-6-12(11)10(9)2;1-3-7-11(8-4-1)12-9-5-2-6-10-12;1-9-6-7-10-4-2-3-5-11(10)8-9;1-2-6-10-8-4-3-7-9(10)5-1;1-2-5-9-7-3-6-8(9)4-1/h3-8H,1-2H3;1-10H;2-8H,1H3;1-8H;1-6H,7H2.